The Hall–Kier alpha value is -2.14. The van der Waals surface area contributed by atoms with Crippen molar-refractivity contribution >= 4 is 23.2 Å². The van der Waals surface area contributed by atoms with E-state index in [2.05, 4.69) is 47.1 Å². The smallest absolute Gasteiger partial charge is 0.228 e. The molecule has 2 aliphatic rings. The second-order valence-electron chi connectivity index (χ2n) is 7.85. The number of rotatable bonds is 5. The van der Waals surface area contributed by atoms with Crippen LogP contribution >= 0.6 is 11.3 Å². The maximum Gasteiger partial charge on any atom is 0.228 e. The number of piperidine rings is 1. The van der Waals surface area contributed by atoms with Crippen LogP contribution in [0.1, 0.15) is 31.2 Å². The van der Waals surface area contributed by atoms with Gasteiger partial charge in [0.05, 0.1) is 5.41 Å². The predicted molar refractivity (Wildman–Crippen MR) is 108 cm³/mol. The lowest BCUT2D eigenvalue weighted by Gasteiger charge is -2.42. The van der Waals surface area contributed by atoms with Crippen molar-refractivity contribution in [2.75, 3.05) is 20.1 Å². The molecule has 0 radical (unpaired) electrons. The molecule has 2 heterocycles. The van der Waals surface area contributed by atoms with Gasteiger partial charge in [-0.3, -0.25) is 9.59 Å². The minimum atomic E-state index is -0.536. The van der Waals surface area contributed by atoms with Crippen molar-refractivity contribution in [1.82, 2.24) is 10.2 Å². The largest absolute Gasteiger partial charge is 0.359 e. The molecule has 1 atom stereocenters. The zero-order chi connectivity index (χ0) is 18.9. The Kier molecular flexibility index (Phi) is 5.04. The Morgan fingerprint density at radius 2 is 2.11 bits per heavy atom. The van der Waals surface area contributed by atoms with E-state index < -0.39 is 5.41 Å². The zero-order valence-electron chi connectivity index (χ0n) is 15.7. The molecule has 2 fully saturated rings. The summed E-state index contributed by atoms with van der Waals surface area (Å²) in [6.07, 6.45) is 4.39. The van der Waals surface area contributed by atoms with Crippen LogP contribution < -0.4 is 5.32 Å². The highest BCUT2D eigenvalue weighted by Gasteiger charge is 2.45. The molecule has 1 saturated carbocycles. The van der Waals surface area contributed by atoms with Crippen molar-refractivity contribution in [3.8, 4) is 10.4 Å². The highest BCUT2D eigenvalue weighted by atomic mass is 32.1. The molecule has 4 nitrogen and oxygen atoms in total. The van der Waals surface area contributed by atoms with Crippen molar-refractivity contribution < 1.29 is 9.59 Å². The molecule has 2 amide bonds. The van der Waals surface area contributed by atoms with Crippen molar-refractivity contribution in [2.45, 2.75) is 32.1 Å². The number of nitrogens with one attached hydrogen (secondary N) is 1. The Morgan fingerprint density at radius 1 is 1.26 bits per heavy atom. The van der Waals surface area contributed by atoms with E-state index in [1.165, 1.54) is 10.4 Å². The van der Waals surface area contributed by atoms with Crippen molar-refractivity contribution in [1.29, 1.82) is 0 Å². The predicted octanol–water partition coefficient (Wildman–Crippen LogP) is 3.72. The molecule has 1 aliphatic carbocycles. The van der Waals surface area contributed by atoms with E-state index in [4.69, 9.17) is 0 Å². The summed E-state index contributed by atoms with van der Waals surface area (Å²) in [5.74, 6) is 0.500. The van der Waals surface area contributed by atoms with Crippen LogP contribution in [0.25, 0.3) is 10.4 Å². The van der Waals surface area contributed by atoms with Gasteiger partial charge in [0.1, 0.15) is 0 Å². The van der Waals surface area contributed by atoms with Gasteiger partial charge in [-0.15, -0.1) is 11.3 Å². The van der Waals surface area contributed by atoms with E-state index in [0.717, 1.165) is 37.8 Å². The maximum atomic E-state index is 12.9. The van der Waals surface area contributed by atoms with Gasteiger partial charge >= 0.3 is 0 Å². The van der Waals surface area contributed by atoms with Crippen molar-refractivity contribution in [3.63, 3.8) is 0 Å². The Balaban J connectivity index is 1.60. The number of thiophene rings is 1. The number of likely N-dealkylation sites (tertiary alicyclic amines) is 1. The molecule has 27 heavy (non-hydrogen) atoms. The third-order valence-electron chi connectivity index (χ3n) is 5.80. The standard InChI is InChI=1S/C22H26N2O2S/c1-23-21(26)22(10-4-11-24(15-22)20(25)17-8-9-17)14-16-5-2-6-18(13-16)19-7-3-12-27-19/h2-3,5-7,12-13,17H,4,8-11,14-15H2,1H3,(H,23,26)/t22-/m1/s1. The van der Waals surface area contributed by atoms with Gasteiger partial charge < -0.3 is 10.2 Å². The highest BCUT2D eigenvalue weighted by molar-refractivity contribution is 7.13. The second kappa shape index (κ2) is 7.47. The first-order chi connectivity index (χ1) is 13.1. The molecule has 142 valence electrons. The lowest BCUT2D eigenvalue weighted by molar-refractivity contribution is -0.142. The molecular formula is C22H26N2O2S. The molecule has 0 spiro atoms. The first-order valence-corrected chi connectivity index (χ1v) is 10.6. The molecule has 0 unspecified atom stereocenters. The van der Waals surface area contributed by atoms with Gasteiger partial charge in [-0.1, -0.05) is 30.3 Å². The van der Waals surface area contributed by atoms with Crippen LogP contribution in [-0.4, -0.2) is 36.9 Å². The number of carbonyl (C=O) groups is 2. The Bertz CT molecular complexity index is 829. The van der Waals surface area contributed by atoms with E-state index in [1.54, 1.807) is 18.4 Å². The van der Waals surface area contributed by atoms with Gasteiger partial charge in [0.15, 0.2) is 0 Å². The third kappa shape index (κ3) is 3.79. The number of amides is 2. The second-order valence-corrected chi connectivity index (χ2v) is 8.80. The summed E-state index contributed by atoms with van der Waals surface area (Å²) in [6.45, 7) is 1.31. The minimum Gasteiger partial charge on any atom is -0.359 e. The summed E-state index contributed by atoms with van der Waals surface area (Å²) >= 11 is 1.72. The van der Waals surface area contributed by atoms with Gasteiger partial charge in [-0.25, -0.2) is 0 Å². The summed E-state index contributed by atoms with van der Waals surface area (Å²) in [5, 5.41) is 4.95. The molecule has 5 heteroatoms. The van der Waals surface area contributed by atoms with Gasteiger partial charge in [0, 0.05) is 30.9 Å². The number of benzene rings is 1. The molecule has 1 aromatic carbocycles. The van der Waals surface area contributed by atoms with Crippen LogP contribution in [0.3, 0.4) is 0 Å². The normalized spacial score (nSPS) is 22.5. The number of hydrogen-bond donors (Lipinski definition) is 1. The van der Waals surface area contributed by atoms with E-state index in [1.807, 2.05) is 4.90 Å². The lowest BCUT2D eigenvalue weighted by Crippen LogP contribution is -2.54. The molecule has 2 aromatic rings. The van der Waals surface area contributed by atoms with Gasteiger partial charge in [0.25, 0.3) is 0 Å². The summed E-state index contributed by atoms with van der Waals surface area (Å²) in [4.78, 5) is 28.7. The summed E-state index contributed by atoms with van der Waals surface area (Å²) in [6, 6.07) is 12.7. The number of hydrogen-bond acceptors (Lipinski definition) is 3. The average Bonchev–Trinajstić information content (AvgIpc) is 3.40. The third-order valence-corrected chi connectivity index (χ3v) is 6.72. The van der Waals surface area contributed by atoms with Gasteiger partial charge in [0.2, 0.25) is 11.8 Å². The average molecular weight is 383 g/mol. The summed E-state index contributed by atoms with van der Waals surface area (Å²) in [7, 11) is 1.70. The van der Waals surface area contributed by atoms with Crippen LogP contribution in [0.2, 0.25) is 0 Å². The molecule has 1 aromatic heterocycles. The first-order valence-electron chi connectivity index (χ1n) is 9.75. The Morgan fingerprint density at radius 3 is 2.81 bits per heavy atom. The van der Waals surface area contributed by atoms with E-state index in [-0.39, 0.29) is 17.7 Å². The quantitative estimate of drug-likeness (QED) is 0.857. The maximum absolute atomic E-state index is 12.9. The Labute approximate surface area is 164 Å². The van der Waals surface area contributed by atoms with Gasteiger partial charge in [-0.05, 0) is 54.7 Å². The molecule has 1 aliphatic heterocycles. The fourth-order valence-electron chi connectivity index (χ4n) is 4.25. The van der Waals surface area contributed by atoms with Crippen molar-refractivity contribution in [3.05, 3.63) is 47.3 Å². The number of carbonyl (C=O) groups excluding carboxylic acids is 2. The van der Waals surface area contributed by atoms with Crippen LogP contribution in [0.15, 0.2) is 41.8 Å². The minimum absolute atomic E-state index is 0.0531. The van der Waals surface area contributed by atoms with E-state index in [0.29, 0.717) is 13.0 Å². The monoisotopic (exact) mass is 382 g/mol. The highest BCUT2D eigenvalue weighted by Crippen LogP contribution is 2.38. The van der Waals surface area contributed by atoms with Crippen molar-refractivity contribution in [2.24, 2.45) is 11.3 Å². The van der Waals surface area contributed by atoms with Crippen LogP contribution in [0.4, 0.5) is 0 Å². The zero-order valence-corrected chi connectivity index (χ0v) is 16.6. The van der Waals surface area contributed by atoms with Crippen LogP contribution in [-0.2, 0) is 16.0 Å². The van der Waals surface area contributed by atoms with Crippen LogP contribution in [0.5, 0.6) is 0 Å². The summed E-state index contributed by atoms with van der Waals surface area (Å²) < 4.78 is 0. The van der Waals surface area contributed by atoms with Crippen LogP contribution in [0, 0.1) is 11.3 Å². The molecule has 4 rings (SSSR count). The topological polar surface area (TPSA) is 49.4 Å². The first kappa shape index (κ1) is 18.2. The summed E-state index contributed by atoms with van der Waals surface area (Å²) in [5.41, 5.74) is 1.81. The number of nitrogens with zero attached hydrogens (tertiary/aromatic N) is 1. The fourth-order valence-corrected chi connectivity index (χ4v) is 4.98. The fraction of sp³-hybridized carbons (Fsp3) is 0.455. The van der Waals surface area contributed by atoms with E-state index in [9.17, 15) is 9.59 Å². The SMILES string of the molecule is CNC(=O)[C@@]1(Cc2cccc(-c3cccs3)c2)CCCN(C(=O)C2CC2)C1. The van der Waals surface area contributed by atoms with E-state index >= 15 is 0 Å². The molecule has 1 N–H and O–H groups in total. The molecule has 0 bridgehead atoms. The van der Waals surface area contributed by atoms with Gasteiger partial charge in [-0.2, -0.15) is 0 Å². The molecular weight excluding hydrogens is 356 g/mol. The lowest BCUT2D eigenvalue weighted by atomic mass is 9.74. The molecule has 1 saturated heterocycles.